The molecule has 0 aliphatic carbocycles. The number of nitrogens with zero attached hydrogens (tertiary/aromatic N) is 1. The van der Waals surface area contributed by atoms with Gasteiger partial charge in [-0.05, 0) is 12.1 Å². The predicted octanol–water partition coefficient (Wildman–Crippen LogP) is 0.884. The Morgan fingerprint density at radius 3 is 2.89 bits per heavy atom. The Hall–Kier alpha value is -1.17. The molecule has 0 radical (unpaired) electrons. The summed E-state index contributed by atoms with van der Waals surface area (Å²) in [6.45, 7) is 0.923. The lowest BCUT2D eigenvalue weighted by molar-refractivity contribution is 0.0577. The molecule has 18 heavy (non-hydrogen) atoms. The average molecular weight is 273 g/mol. The number of likely N-dealkylation sites (N-methyl/N-ethyl adjacent to an activating group) is 1. The van der Waals surface area contributed by atoms with Crippen LogP contribution in [0.2, 0.25) is 5.02 Å². The monoisotopic (exact) mass is 272 g/mol. The third-order valence-corrected chi connectivity index (χ3v) is 3.44. The number of aliphatic hydroxyl groups excluding tert-OH is 1. The number of benzene rings is 1. The fourth-order valence-corrected chi connectivity index (χ4v) is 2.23. The molecule has 1 aliphatic heterocycles. The van der Waals surface area contributed by atoms with Gasteiger partial charge in [0.05, 0.1) is 22.7 Å². The lowest BCUT2D eigenvalue weighted by atomic mass is 10.1. The Morgan fingerprint density at radius 2 is 2.28 bits per heavy atom. The van der Waals surface area contributed by atoms with Crippen molar-refractivity contribution in [1.82, 2.24) is 10.2 Å². The third-order valence-electron chi connectivity index (χ3n) is 3.15. The SMILES string of the molecule is CN(C(=O)c1cccc(Cl)c1F)[C@@H]1CNC[C@H]1O. The van der Waals surface area contributed by atoms with Crippen molar-refractivity contribution in [3.63, 3.8) is 0 Å². The van der Waals surface area contributed by atoms with E-state index >= 15 is 0 Å². The Balaban J connectivity index is 2.23. The number of aliphatic hydroxyl groups is 1. The predicted molar refractivity (Wildman–Crippen MR) is 66.2 cm³/mol. The van der Waals surface area contributed by atoms with Gasteiger partial charge >= 0.3 is 0 Å². The molecular formula is C12H14ClFN2O2. The first kappa shape index (κ1) is 13.3. The minimum atomic E-state index is -0.725. The van der Waals surface area contributed by atoms with Crippen LogP contribution in [0.3, 0.4) is 0 Å². The van der Waals surface area contributed by atoms with Crippen LogP contribution in [0.1, 0.15) is 10.4 Å². The van der Waals surface area contributed by atoms with Gasteiger partial charge in [0.15, 0.2) is 5.82 Å². The van der Waals surface area contributed by atoms with Gasteiger partial charge in [0.2, 0.25) is 0 Å². The summed E-state index contributed by atoms with van der Waals surface area (Å²) < 4.78 is 13.7. The lowest BCUT2D eigenvalue weighted by Crippen LogP contribution is -2.44. The van der Waals surface area contributed by atoms with Crippen molar-refractivity contribution in [2.45, 2.75) is 12.1 Å². The number of carbonyl (C=O) groups is 1. The lowest BCUT2D eigenvalue weighted by Gasteiger charge is -2.26. The van der Waals surface area contributed by atoms with Crippen molar-refractivity contribution in [2.75, 3.05) is 20.1 Å². The topological polar surface area (TPSA) is 52.6 Å². The quantitative estimate of drug-likeness (QED) is 0.841. The van der Waals surface area contributed by atoms with E-state index in [0.29, 0.717) is 13.1 Å². The van der Waals surface area contributed by atoms with E-state index in [-0.39, 0.29) is 16.6 Å². The van der Waals surface area contributed by atoms with Gasteiger partial charge < -0.3 is 15.3 Å². The smallest absolute Gasteiger partial charge is 0.257 e. The molecule has 0 unspecified atom stereocenters. The van der Waals surface area contributed by atoms with Crippen molar-refractivity contribution in [1.29, 1.82) is 0 Å². The van der Waals surface area contributed by atoms with Crippen molar-refractivity contribution >= 4 is 17.5 Å². The summed E-state index contributed by atoms with van der Waals surface area (Å²) >= 11 is 5.64. The summed E-state index contributed by atoms with van der Waals surface area (Å²) in [5, 5.41) is 12.6. The molecule has 0 bridgehead atoms. The number of carbonyl (C=O) groups excluding carboxylic acids is 1. The van der Waals surface area contributed by atoms with Crippen molar-refractivity contribution in [3.05, 3.63) is 34.6 Å². The molecule has 1 heterocycles. The van der Waals surface area contributed by atoms with Gasteiger partial charge in [-0.1, -0.05) is 17.7 Å². The Bertz CT molecular complexity index is 469. The normalized spacial score (nSPS) is 23.1. The fraction of sp³-hybridized carbons (Fsp3) is 0.417. The van der Waals surface area contributed by atoms with Crippen molar-refractivity contribution < 1.29 is 14.3 Å². The van der Waals surface area contributed by atoms with Crippen LogP contribution in [0, 0.1) is 5.82 Å². The van der Waals surface area contributed by atoms with Crippen LogP contribution >= 0.6 is 11.6 Å². The molecule has 0 spiro atoms. The maximum atomic E-state index is 13.7. The largest absolute Gasteiger partial charge is 0.390 e. The molecule has 1 fully saturated rings. The van der Waals surface area contributed by atoms with Gasteiger partial charge in [0, 0.05) is 20.1 Å². The highest BCUT2D eigenvalue weighted by atomic mass is 35.5. The van der Waals surface area contributed by atoms with Crippen LogP contribution in [0.15, 0.2) is 18.2 Å². The second-order valence-electron chi connectivity index (χ2n) is 4.31. The number of rotatable bonds is 2. The Kier molecular flexibility index (Phi) is 3.85. The molecule has 1 aliphatic rings. The number of amides is 1. The number of β-amino-alcohol motifs (C(OH)–C–C–N with tert-alkyl or cyclic N) is 1. The molecule has 1 aromatic rings. The van der Waals surface area contributed by atoms with Crippen LogP contribution in [0.25, 0.3) is 0 Å². The molecule has 0 aromatic heterocycles. The number of hydrogen-bond acceptors (Lipinski definition) is 3. The van der Waals surface area contributed by atoms with E-state index in [4.69, 9.17) is 11.6 Å². The molecule has 1 amide bonds. The highest BCUT2D eigenvalue weighted by Crippen LogP contribution is 2.20. The zero-order valence-electron chi connectivity index (χ0n) is 9.86. The summed E-state index contributed by atoms with van der Waals surface area (Å²) in [6, 6.07) is 3.94. The Labute approximate surface area is 109 Å². The number of hydrogen-bond donors (Lipinski definition) is 2. The molecule has 2 N–H and O–H groups in total. The maximum Gasteiger partial charge on any atom is 0.257 e. The number of halogens is 2. The minimum absolute atomic E-state index is 0.0795. The first-order valence-electron chi connectivity index (χ1n) is 5.62. The maximum absolute atomic E-state index is 13.7. The third kappa shape index (κ3) is 2.34. The number of nitrogens with one attached hydrogen (secondary N) is 1. The second kappa shape index (κ2) is 5.22. The zero-order chi connectivity index (χ0) is 13.3. The van der Waals surface area contributed by atoms with Gasteiger partial charge in [0.25, 0.3) is 5.91 Å². The fourth-order valence-electron chi connectivity index (χ4n) is 2.06. The highest BCUT2D eigenvalue weighted by Gasteiger charge is 2.32. The molecule has 4 nitrogen and oxygen atoms in total. The molecule has 1 aromatic carbocycles. The van der Waals surface area contributed by atoms with Crippen LogP contribution in [-0.2, 0) is 0 Å². The van der Waals surface area contributed by atoms with E-state index < -0.39 is 17.8 Å². The van der Waals surface area contributed by atoms with Gasteiger partial charge in [-0.15, -0.1) is 0 Å². The highest BCUT2D eigenvalue weighted by molar-refractivity contribution is 6.31. The van der Waals surface area contributed by atoms with E-state index in [0.717, 1.165) is 0 Å². The molecule has 2 rings (SSSR count). The average Bonchev–Trinajstić information content (AvgIpc) is 2.77. The van der Waals surface area contributed by atoms with Crippen LogP contribution in [-0.4, -0.2) is 48.2 Å². The van der Waals surface area contributed by atoms with Gasteiger partial charge in [-0.3, -0.25) is 4.79 Å². The van der Waals surface area contributed by atoms with Crippen molar-refractivity contribution in [2.24, 2.45) is 0 Å². The van der Waals surface area contributed by atoms with E-state index in [1.165, 1.54) is 23.1 Å². The van der Waals surface area contributed by atoms with Gasteiger partial charge in [-0.25, -0.2) is 4.39 Å². The van der Waals surface area contributed by atoms with Crippen molar-refractivity contribution in [3.8, 4) is 0 Å². The van der Waals surface area contributed by atoms with E-state index in [9.17, 15) is 14.3 Å². The molecular weight excluding hydrogens is 259 g/mol. The zero-order valence-corrected chi connectivity index (χ0v) is 10.6. The molecule has 2 atom stereocenters. The summed E-state index contributed by atoms with van der Waals surface area (Å²) in [7, 11) is 1.55. The first-order chi connectivity index (χ1) is 8.52. The second-order valence-corrected chi connectivity index (χ2v) is 4.72. The molecule has 1 saturated heterocycles. The van der Waals surface area contributed by atoms with E-state index in [1.807, 2.05) is 0 Å². The van der Waals surface area contributed by atoms with Gasteiger partial charge in [0.1, 0.15) is 0 Å². The Morgan fingerprint density at radius 1 is 1.56 bits per heavy atom. The summed E-state index contributed by atoms with van der Waals surface area (Å²) in [5.74, 6) is -1.21. The summed E-state index contributed by atoms with van der Waals surface area (Å²) in [4.78, 5) is 13.5. The van der Waals surface area contributed by atoms with Crippen LogP contribution < -0.4 is 5.32 Å². The minimum Gasteiger partial charge on any atom is -0.390 e. The standard InChI is InChI=1S/C12H14ClFN2O2/c1-16(9-5-15-6-10(9)17)12(18)7-3-2-4-8(13)11(7)14/h2-4,9-10,15,17H,5-6H2,1H3/t9-,10-/m1/s1. The van der Waals surface area contributed by atoms with Gasteiger partial charge in [-0.2, -0.15) is 0 Å². The summed E-state index contributed by atoms with van der Waals surface area (Å²) in [5.41, 5.74) is -0.0795. The molecule has 6 heteroatoms. The molecule has 98 valence electrons. The van der Waals surface area contributed by atoms with E-state index in [1.54, 1.807) is 7.05 Å². The first-order valence-corrected chi connectivity index (χ1v) is 6.00. The van der Waals surface area contributed by atoms with E-state index in [2.05, 4.69) is 5.32 Å². The van der Waals surface area contributed by atoms with Crippen LogP contribution in [0.4, 0.5) is 4.39 Å². The van der Waals surface area contributed by atoms with Crippen LogP contribution in [0.5, 0.6) is 0 Å². The summed E-state index contributed by atoms with van der Waals surface area (Å²) in [6.07, 6.45) is -0.638. The molecule has 0 saturated carbocycles.